The van der Waals surface area contributed by atoms with Crippen LogP contribution in [0.2, 0.25) is 0 Å². The Kier molecular flexibility index (Phi) is 58.0. The van der Waals surface area contributed by atoms with Gasteiger partial charge in [-0.3, -0.25) is 9.59 Å². The summed E-state index contributed by atoms with van der Waals surface area (Å²) in [4.78, 5) is 24.4. The molecule has 0 aromatic heterocycles. The van der Waals surface area contributed by atoms with Crippen molar-refractivity contribution in [3.63, 3.8) is 0 Å². The van der Waals surface area contributed by atoms with E-state index in [0.29, 0.717) is 19.4 Å². The summed E-state index contributed by atoms with van der Waals surface area (Å²) >= 11 is 0. The molecular formula is C63H123NO5. The molecule has 0 saturated carbocycles. The van der Waals surface area contributed by atoms with E-state index in [2.05, 4.69) is 19.2 Å². The maximum Gasteiger partial charge on any atom is 0.305 e. The monoisotopic (exact) mass is 974 g/mol. The Morgan fingerprint density at radius 3 is 0.986 bits per heavy atom. The first kappa shape index (κ1) is 67.6. The van der Waals surface area contributed by atoms with Gasteiger partial charge in [-0.2, -0.15) is 0 Å². The summed E-state index contributed by atoms with van der Waals surface area (Å²) in [5.41, 5.74) is 0. The average Bonchev–Trinajstić information content (AvgIpc) is 3.35. The topological polar surface area (TPSA) is 95.9 Å². The summed E-state index contributed by atoms with van der Waals surface area (Å²) < 4.78 is 5.47. The molecule has 2 unspecified atom stereocenters. The van der Waals surface area contributed by atoms with Crippen LogP contribution < -0.4 is 5.32 Å². The number of carbonyl (C=O) groups excluding carboxylic acids is 2. The molecule has 0 rings (SSSR count). The van der Waals surface area contributed by atoms with Crippen LogP contribution in [-0.2, 0) is 14.3 Å². The van der Waals surface area contributed by atoms with Gasteiger partial charge in [-0.15, -0.1) is 0 Å². The molecule has 0 bridgehead atoms. The molecule has 410 valence electrons. The van der Waals surface area contributed by atoms with Gasteiger partial charge in [0.2, 0.25) is 5.91 Å². The van der Waals surface area contributed by atoms with Crippen LogP contribution >= 0.6 is 0 Å². The highest BCUT2D eigenvalue weighted by Gasteiger charge is 2.18. The SMILES string of the molecule is CCCCCCCCC/C=C/C(O)C(CO)NC(=O)CCCCCCCCCCCCCCCCCCCCCCCCCCCCCCCCCCOC(=O)CCCCCCCCCCCCC. The van der Waals surface area contributed by atoms with E-state index < -0.39 is 12.1 Å². The lowest BCUT2D eigenvalue weighted by Gasteiger charge is -2.20. The minimum absolute atomic E-state index is 0.0209. The molecule has 6 nitrogen and oxygen atoms in total. The Balaban J connectivity index is 3.29. The largest absolute Gasteiger partial charge is 0.466 e. The molecule has 6 heteroatoms. The quantitative estimate of drug-likeness (QED) is 0.0321. The summed E-state index contributed by atoms with van der Waals surface area (Å²) in [5, 5.41) is 23.0. The highest BCUT2D eigenvalue weighted by atomic mass is 16.5. The zero-order valence-electron chi connectivity index (χ0n) is 46.8. The third-order valence-electron chi connectivity index (χ3n) is 14.8. The van der Waals surface area contributed by atoms with Crippen LogP contribution in [0.3, 0.4) is 0 Å². The van der Waals surface area contributed by atoms with Gasteiger partial charge in [0.15, 0.2) is 0 Å². The van der Waals surface area contributed by atoms with Crippen molar-refractivity contribution >= 4 is 11.9 Å². The van der Waals surface area contributed by atoms with Crippen molar-refractivity contribution in [2.24, 2.45) is 0 Å². The molecule has 2 atom stereocenters. The molecule has 0 saturated heterocycles. The molecule has 0 aliphatic carbocycles. The van der Waals surface area contributed by atoms with E-state index in [1.54, 1.807) is 6.08 Å². The second-order valence-corrected chi connectivity index (χ2v) is 21.8. The predicted molar refractivity (Wildman–Crippen MR) is 301 cm³/mol. The zero-order chi connectivity index (χ0) is 50.0. The highest BCUT2D eigenvalue weighted by molar-refractivity contribution is 5.76. The molecule has 0 spiro atoms. The summed E-state index contributed by atoms with van der Waals surface area (Å²) in [6, 6.07) is -0.621. The smallest absolute Gasteiger partial charge is 0.305 e. The summed E-state index contributed by atoms with van der Waals surface area (Å²) in [6.07, 6.45) is 71.5. The molecule has 0 aliphatic rings. The molecule has 3 N–H and O–H groups in total. The van der Waals surface area contributed by atoms with Crippen molar-refractivity contribution in [1.29, 1.82) is 0 Å². The van der Waals surface area contributed by atoms with Crippen LogP contribution in [0, 0.1) is 0 Å². The Morgan fingerprint density at radius 2 is 0.667 bits per heavy atom. The van der Waals surface area contributed by atoms with Crippen molar-refractivity contribution in [2.45, 2.75) is 366 Å². The first-order valence-electron chi connectivity index (χ1n) is 31.5. The molecule has 1 amide bonds. The number of esters is 1. The Bertz CT molecular complexity index is 1030. The lowest BCUT2D eigenvalue weighted by molar-refractivity contribution is -0.143. The van der Waals surface area contributed by atoms with Crippen LogP contribution in [-0.4, -0.2) is 47.4 Å². The third-order valence-corrected chi connectivity index (χ3v) is 14.8. The number of unbranched alkanes of at least 4 members (excludes halogenated alkanes) is 48. The van der Waals surface area contributed by atoms with Gasteiger partial charge >= 0.3 is 5.97 Å². The van der Waals surface area contributed by atoms with Crippen LogP contribution in [0.1, 0.15) is 354 Å². The molecule has 0 aromatic rings. The van der Waals surface area contributed by atoms with Gasteiger partial charge in [0.1, 0.15) is 0 Å². The van der Waals surface area contributed by atoms with Crippen LogP contribution in [0.5, 0.6) is 0 Å². The fourth-order valence-corrected chi connectivity index (χ4v) is 9.99. The van der Waals surface area contributed by atoms with Gasteiger partial charge in [-0.25, -0.2) is 0 Å². The van der Waals surface area contributed by atoms with Crippen molar-refractivity contribution in [1.82, 2.24) is 5.32 Å². The highest BCUT2D eigenvalue weighted by Crippen LogP contribution is 2.18. The number of hydrogen-bond donors (Lipinski definition) is 3. The minimum atomic E-state index is -0.838. The standard InChI is InChI=1S/C63H123NO5/c1-3-5-7-9-11-13-36-41-45-49-53-57-63(68)69-58-54-50-46-42-38-35-33-31-29-27-25-23-21-19-17-15-14-16-18-20-22-24-26-28-30-32-34-37-40-44-48-52-56-62(67)64-60(59-65)61(66)55-51-47-43-39-12-10-8-6-4-2/h51,55,60-61,65-66H,3-50,52-54,56-59H2,1-2H3,(H,64,67)/b55-51+. The van der Waals surface area contributed by atoms with E-state index in [1.807, 2.05) is 6.08 Å². The maximum absolute atomic E-state index is 12.4. The van der Waals surface area contributed by atoms with Gasteiger partial charge in [-0.05, 0) is 32.1 Å². The Morgan fingerprint density at radius 1 is 0.391 bits per heavy atom. The number of amides is 1. The number of nitrogens with one attached hydrogen (secondary N) is 1. The molecule has 0 heterocycles. The molecule has 0 radical (unpaired) electrons. The summed E-state index contributed by atoms with van der Waals surface area (Å²) in [6.45, 7) is 4.90. The number of ether oxygens (including phenoxy) is 1. The molecular weight excluding hydrogens is 851 g/mol. The maximum atomic E-state index is 12.4. The first-order chi connectivity index (χ1) is 34.0. The summed E-state index contributed by atoms with van der Waals surface area (Å²) in [7, 11) is 0. The molecule has 0 aliphatic heterocycles. The normalized spacial score (nSPS) is 12.6. The first-order valence-corrected chi connectivity index (χ1v) is 31.5. The van der Waals surface area contributed by atoms with Gasteiger partial charge in [0.25, 0.3) is 0 Å². The van der Waals surface area contributed by atoms with Crippen LogP contribution in [0.15, 0.2) is 12.2 Å². The van der Waals surface area contributed by atoms with E-state index in [9.17, 15) is 19.8 Å². The minimum Gasteiger partial charge on any atom is -0.466 e. The summed E-state index contributed by atoms with van der Waals surface area (Å²) in [5.74, 6) is -0.0438. The van der Waals surface area contributed by atoms with Gasteiger partial charge in [-0.1, -0.05) is 321 Å². The van der Waals surface area contributed by atoms with E-state index in [-0.39, 0.29) is 18.5 Å². The number of carbonyl (C=O) groups is 2. The average molecular weight is 975 g/mol. The lowest BCUT2D eigenvalue weighted by atomic mass is 10.0. The number of aliphatic hydroxyl groups excluding tert-OH is 2. The number of aliphatic hydroxyl groups is 2. The van der Waals surface area contributed by atoms with Crippen LogP contribution in [0.4, 0.5) is 0 Å². The van der Waals surface area contributed by atoms with Gasteiger partial charge in [0, 0.05) is 12.8 Å². The fourth-order valence-electron chi connectivity index (χ4n) is 9.99. The second kappa shape index (κ2) is 59.2. The molecule has 69 heavy (non-hydrogen) atoms. The Hall–Kier alpha value is -1.40. The van der Waals surface area contributed by atoms with Crippen molar-refractivity contribution in [3.8, 4) is 0 Å². The number of hydrogen-bond acceptors (Lipinski definition) is 5. The van der Waals surface area contributed by atoms with Crippen molar-refractivity contribution < 1.29 is 24.5 Å². The molecule has 0 fully saturated rings. The fraction of sp³-hybridized carbons (Fsp3) is 0.937. The third kappa shape index (κ3) is 55.8. The number of allylic oxidation sites excluding steroid dienone is 1. The zero-order valence-corrected chi connectivity index (χ0v) is 46.8. The van der Waals surface area contributed by atoms with Gasteiger partial charge in [0.05, 0.1) is 25.4 Å². The van der Waals surface area contributed by atoms with Crippen molar-refractivity contribution in [3.05, 3.63) is 12.2 Å². The lowest BCUT2D eigenvalue weighted by Crippen LogP contribution is -2.45. The van der Waals surface area contributed by atoms with E-state index in [1.165, 1.54) is 289 Å². The van der Waals surface area contributed by atoms with E-state index in [0.717, 1.165) is 38.5 Å². The van der Waals surface area contributed by atoms with E-state index >= 15 is 0 Å². The predicted octanol–water partition coefficient (Wildman–Crippen LogP) is 19.6. The second-order valence-electron chi connectivity index (χ2n) is 21.8. The Labute approximate surface area is 431 Å². The van der Waals surface area contributed by atoms with Crippen molar-refractivity contribution in [2.75, 3.05) is 13.2 Å². The number of rotatable bonds is 59. The van der Waals surface area contributed by atoms with Crippen LogP contribution in [0.25, 0.3) is 0 Å². The molecule has 0 aromatic carbocycles. The van der Waals surface area contributed by atoms with E-state index in [4.69, 9.17) is 4.74 Å². The van der Waals surface area contributed by atoms with Gasteiger partial charge < -0.3 is 20.3 Å².